The van der Waals surface area contributed by atoms with Gasteiger partial charge < -0.3 is 19.7 Å². The Hall–Kier alpha value is -3.95. The third-order valence-corrected chi connectivity index (χ3v) is 5.63. The third-order valence-electron chi connectivity index (χ3n) is 5.63. The molecule has 1 heterocycles. The van der Waals surface area contributed by atoms with Crippen molar-refractivity contribution in [1.82, 2.24) is 30.4 Å². The van der Waals surface area contributed by atoms with Crippen molar-refractivity contribution in [3.05, 3.63) is 54.1 Å². The second kappa shape index (κ2) is 12.3. The number of hydrogen-bond acceptors (Lipinski definition) is 7. The minimum absolute atomic E-state index is 0.157. The number of benzene rings is 2. The molecule has 3 aromatic rings. The second-order valence-corrected chi connectivity index (χ2v) is 9.76. The molecule has 0 radical (unpaired) electrons. The predicted octanol–water partition coefficient (Wildman–Crippen LogP) is 3.47. The molecule has 10 heteroatoms. The van der Waals surface area contributed by atoms with E-state index in [1.807, 2.05) is 58.0 Å². The fraction of sp³-hybridized carbons (Fsp3) is 0.444. The molecule has 0 aliphatic heterocycles. The lowest BCUT2D eigenvalue weighted by molar-refractivity contribution is -0.143. The minimum atomic E-state index is -0.634. The number of ether oxygens (including phenoxy) is 2. The van der Waals surface area contributed by atoms with E-state index >= 15 is 0 Å². The van der Waals surface area contributed by atoms with Gasteiger partial charge in [-0.3, -0.25) is 9.59 Å². The highest BCUT2D eigenvalue weighted by Crippen LogP contribution is 2.30. The summed E-state index contributed by atoms with van der Waals surface area (Å²) in [6.07, 6.45) is 1.27. The number of hydrogen-bond donors (Lipinski definition) is 1. The molecule has 10 nitrogen and oxygen atoms in total. The maximum Gasteiger partial charge on any atom is 0.247 e. The predicted molar refractivity (Wildman–Crippen MR) is 140 cm³/mol. The second-order valence-electron chi connectivity index (χ2n) is 9.76. The summed E-state index contributed by atoms with van der Waals surface area (Å²) >= 11 is 0. The van der Waals surface area contributed by atoms with Gasteiger partial charge in [-0.05, 0) is 56.2 Å². The van der Waals surface area contributed by atoms with E-state index in [4.69, 9.17) is 9.47 Å². The summed E-state index contributed by atoms with van der Waals surface area (Å²) < 4.78 is 10.6. The smallest absolute Gasteiger partial charge is 0.247 e. The van der Waals surface area contributed by atoms with Crippen molar-refractivity contribution >= 4 is 11.8 Å². The monoisotopic (exact) mass is 508 g/mol. The molecule has 0 saturated heterocycles. The Morgan fingerprint density at radius 3 is 2.38 bits per heavy atom. The Labute approximate surface area is 217 Å². The number of methoxy groups -OCH3 is 2. The van der Waals surface area contributed by atoms with Gasteiger partial charge in [-0.25, -0.2) is 0 Å². The van der Waals surface area contributed by atoms with Crippen LogP contribution in [-0.2, 0) is 22.7 Å². The lowest BCUT2D eigenvalue weighted by Crippen LogP contribution is -2.54. The molecule has 3 rings (SSSR count). The molecule has 37 heavy (non-hydrogen) atoms. The average Bonchev–Trinajstić information content (AvgIpc) is 3.33. The number of amides is 2. The van der Waals surface area contributed by atoms with Crippen LogP contribution in [0.25, 0.3) is 11.4 Å². The van der Waals surface area contributed by atoms with Gasteiger partial charge in [-0.1, -0.05) is 43.7 Å². The maximum atomic E-state index is 13.6. The van der Waals surface area contributed by atoms with Gasteiger partial charge >= 0.3 is 0 Å². The molecule has 1 N–H and O–H groups in total. The molecule has 2 amide bonds. The Balaban J connectivity index is 1.86. The molecule has 0 saturated carbocycles. The first-order chi connectivity index (χ1) is 17.6. The third kappa shape index (κ3) is 7.52. The van der Waals surface area contributed by atoms with Crippen LogP contribution in [0.4, 0.5) is 0 Å². The van der Waals surface area contributed by atoms with Gasteiger partial charge in [0.1, 0.15) is 12.6 Å². The van der Waals surface area contributed by atoms with E-state index in [-0.39, 0.29) is 18.4 Å². The van der Waals surface area contributed by atoms with Crippen LogP contribution < -0.4 is 14.8 Å². The quantitative estimate of drug-likeness (QED) is 0.422. The number of nitrogens with one attached hydrogen (secondary N) is 1. The van der Waals surface area contributed by atoms with Crippen molar-refractivity contribution in [2.45, 2.75) is 65.2 Å². The number of tetrazole rings is 1. The number of rotatable bonds is 11. The van der Waals surface area contributed by atoms with Gasteiger partial charge in [0.2, 0.25) is 17.6 Å². The summed E-state index contributed by atoms with van der Waals surface area (Å²) in [6.45, 7) is 7.90. The van der Waals surface area contributed by atoms with Gasteiger partial charge in [0.15, 0.2) is 11.5 Å². The summed E-state index contributed by atoms with van der Waals surface area (Å²) in [5.41, 5.74) is 1.18. The highest BCUT2D eigenvalue weighted by Gasteiger charge is 2.31. The normalized spacial score (nSPS) is 12.1. The molecule has 1 unspecified atom stereocenters. The highest BCUT2D eigenvalue weighted by atomic mass is 16.5. The Kier molecular flexibility index (Phi) is 9.21. The SMILES string of the molecule is CCCC(C(=O)NC(C)(C)C)N(Cc1ccccc1)C(=O)Cn1nnc(-c2ccc(OC)c(OC)c2)n1. The van der Waals surface area contributed by atoms with Crippen LogP contribution in [0.5, 0.6) is 11.5 Å². The van der Waals surface area contributed by atoms with Gasteiger partial charge in [-0.2, -0.15) is 4.80 Å². The summed E-state index contributed by atoms with van der Waals surface area (Å²) in [5, 5.41) is 15.6. The van der Waals surface area contributed by atoms with Crippen molar-refractivity contribution in [2.24, 2.45) is 0 Å². The van der Waals surface area contributed by atoms with Gasteiger partial charge in [0.25, 0.3) is 0 Å². The molecule has 0 aliphatic rings. The van der Waals surface area contributed by atoms with Crippen LogP contribution in [0.15, 0.2) is 48.5 Å². The molecular formula is C27H36N6O4. The summed E-state index contributed by atoms with van der Waals surface area (Å²) in [5.74, 6) is 1.01. The molecule has 0 fully saturated rings. The van der Waals surface area contributed by atoms with Gasteiger partial charge in [0, 0.05) is 17.6 Å². The first kappa shape index (κ1) is 27.6. The van der Waals surface area contributed by atoms with Crippen LogP contribution >= 0.6 is 0 Å². The van der Waals surface area contributed by atoms with Crippen molar-refractivity contribution in [1.29, 1.82) is 0 Å². The summed E-state index contributed by atoms with van der Waals surface area (Å²) in [4.78, 5) is 29.7. The zero-order chi connectivity index (χ0) is 27.0. The lowest BCUT2D eigenvalue weighted by Gasteiger charge is -2.33. The molecular weight excluding hydrogens is 472 g/mol. The first-order valence-electron chi connectivity index (χ1n) is 12.3. The van der Waals surface area contributed by atoms with Crippen LogP contribution in [0.3, 0.4) is 0 Å². The van der Waals surface area contributed by atoms with Crippen molar-refractivity contribution in [2.75, 3.05) is 14.2 Å². The van der Waals surface area contributed by atoms with E-state index in [0.29, 0.717) is 35.9 Å². The molecule has 198 valence electrons. The van der Waals surface area contributed by atoms with E-state index in [9.17, 15) is 9.59 Å². The van der Waals surface area contributed by atoms with Crippen molar-refractivity contribution < 1.29 is 19.1 Å². The fourth-order valence-corrected chi connectivity index (χ4v) is 3.92. The molecule has 2 aromatic carbocycles. The molecule has 1 atom stereocenters. The van der Waals surface area contributed by atoms with Gasteiger partial charge in [0.05, 0.1) is 14.2 Å². The summed E-state index contributed by atoms with van der Waals surface area (Å²) in [7, 11) is 3.11. The fourth-order valence-electron chi connectivity index (χ4n) is 3.92. The van der Waals surface area contributed by atoms with Crippen LogP contribution in [0.2, 0.25) is 0 Å². The molecule has 1 aromatic heterocycles. The number of carbonyl (C=O) groups excluding carboxylic acids is 2. The van der Waals surface area contributed by atoms with E-state index in [1.54, 1.807) is 37.3 Å². The molecule has 0 aliphatic carbocycles. The van der Waals surface area contributed by atoms with Gasteiger partial charge in [-0.15, -0.1) is 10.2 Å². The standard InChI is InChI=1S/C27H36N6O4/c1-7-11-21(26(35)28-27(2,3)4)32(17-19-12-9-8-10-13-19)24(34)18-33-30-25(29-31-33)20-14-15-22(36-5)23(16-20)37-6/h8-10,12-16,21H,7,11,17-18H2,1-6H3,(H,28,35). The average molecular weight is 509 g/mol. The minimum Gasteiger partial charge on any atom is -0.493 e. The zero-order valence-corrected chi connectivity index (χ0v) is 22.4. The van der Waals surface area contributed by atoms with Crippen LogP contribution in [-0.4, -0.2) is 62.7 Å². The number of aromatic nitrogens is 4. The first-order valence-corrected chi connectivity index (χ1v) is 12.3. The molecule has 0 bridgehead atoms. The topological polar surface area (TPSA) is 111 Å². The van der Waals surface area contributed by atoms with E-state index in [0.717, 1.165) is 12.0 Å². The van der Waals surface area contributed by atoms with Crippen LogP contribution in [0, 0.1) is 0 Å². The summed E-state index contributed by atoms with van der Waals surface area (Å²) in [6, 6.07) is 14.3. The zero-order valence-electron chi connectivity index (χ0n) is 22.4. The highest BCUT2D eigenvalue weighted by molar-refractivity contribution is 5.88. The van der Waals surface area contributed by atoms with Crippen LogP contribution in [0.1, 0.15) is 46.1 Å². The molecule has 0 spiro atoms. The van der Waals surface area contributed by atoms with Crippen molar-refractivity contribution in [3.63, 3.8) is 0 Å². The Bertz CT molecular complexity index is 1190. The maximum absolute atomic E-state index is 13.6. The largest absolute Gasteiger partial charge is 0.493 e. The van der Waals surface area contributed by atoms with E-state index < -0.39 is 11.6 Å². The van der Waals surface area contributed by atoms with Crippen molar-refractivity contribution in [3.8, 4) is 22.9 Å². The Morgan fingerprint density at radius 1 is 1.05 bits per heavy atom. The Morgan fingerprint density at radius 2 is 1.76 bits per heavy atom. The lowest BCUT2D eigenvalue weighted by atomic mass is 10.0. The number of carbonyl (C=O) groups is 2. The number of nitrogens with zero attached hydrogens (tertiary/aromatic N) is 5. The van der Waals surface area contributed by atoms with E-state index in [2.05, 4.69) is 20.7 Å². The van der Waals surface area contributed by atoms with E-state index in [1.165, 1.54) is 4.80 Å².